The van der Waals surface area contributed by atoms with E-state index in [1.165, 1.54) is 12.1 Å². The lowest BCUT2D eigenvalue weighted by atomic mass is 9.88. The van der Waals surface area contributed by atoms with Crippen LogP contribution in [0, 0.1) is 17.7 Å². The minimum atomic E-state index is -3.90. The third-order valence-electron chi connectivity index (χ3n) is 4.32. The first-order valence-corrected chi connectivity index (χ1v) is 9.18. The molecule has 2 fully saturated rings. The molecule has 0 spiro atoms. The van der Waals surface area contributed by atoms with Gasteiger partial charge in [0.1, 0.15) is 10.7 Å². The highest BCUT2D eigenvalue weighted by Crippen LogP contribution is 2.25. The summed E-state index contributed by atoms with van der Waals surface area (Å²) in [5, 5.41) is 5.78. The van der Waals surface area contributed by atoms with Crippen molar-refractivity contribution in [3.05, 3.63) is 24.0 Å². The summed E-state index contributed by atoms with van der Waals surface area (Å²) in [6.45, 7) is 3.42. The molecule has 1 atom stereocenters. The van der Waals surface area contributed by atoms with Gasteiger partial charge in [-0.05, 0) is 50.0 Å². The van der Waals surface area contributed by atoms with Gasteiger partial charge < -0.3 is 10.6 Å². The molecule has 1 amide bonds. The van der Waals surface area contributed by atoms with Crippen LogP contribution in [-0.2, 0) is 14.8 Å². The quantitative estimate of drug-likeness (QED) is 0.722. The number of carbonyl (C=O) groups excluding carboxylic acids is 1. The Morgan fingerprint density at radius 3 is 2.61 bits per heavy atom. The van der Waals surface area contributed by atoms with Crippen molar-refractivity contribution in [1.82, 2.24) is 10.0 Å². The molecule has 8 heteroatoms. The largest absolute Gasteiger partial charge is 0.326 e. The van der Waals surface area contributed by atoms with E-state index in [-0.39, 0.29) is 29.5 Å². The molecule has 126 valence electrons. The lowest BCUT2D eigenvalue weighted by molar-refractivity contribution is -0.121. The number of amides is 1. The van der Waals surface area contributed by atoms with E-state index in [4.69, 9.17) is 0 Å². The Morgan fingerprint density at radius 1 is 1.35 bits per heavy atom. The van der Waals surface area contributed by atoms with Gasteiger partial charge in [0, 0.05) is 17.6 Å². The Labute approximate surface area is 134 Å². The summed E-state index contributed by atoms with van der Waals surface area (Å²) in [5.41, 5.74) is 0.284. The van der Waals surface area contributed by atoms with Gasteiger partial charge >= 0.3 is 0 Å². The zero-order chi connectivity index (χ0) is 16.6. The van der Waals surface area contributed by atoms with Crippen molar-refractivity contribution in [2.45, 2.75) is 30.7 Å². The summed E-state index contributed by atoms with van der Waals surface area (Å²) < 4.78 is 40.7. The van der Waals surface area contributed by atoms with E-state index in [1.54, 1.807) is 0 Å². The van der Waals surface area contributed by atoms with Gasteiger partial charge in [0.15, 0.2) is 0 Å². The van der Waals surface area contributed by atoms with Gasteiger partial charge in [0.25, 0.3) is 0 Å². The molecule has 0 aromatic heterocycles. The van der Waals surface area contributed by atoms with Crippen LogP contribution in [0.25, 0.3) is 0 Å². The standard InChI is InChI=1S/C15H20FN3O3S/c1-9(10-7-17-8-10)15(20)18-12-4-5-13(16)14(6-12)23(21,22)19-11-2-3-11/h4-6,9-11,17,19H,2-3,7-8H2,1H3,(H,18,20). The summed E-state index contributed by atoms with van der Waals surface area (Å²) in [7, 11) is -3.90. The van der Waals surface area contributed by atoms with Crippen LogP contribution in [-0.4, -0.2) is 33.5 Å². The lowest BCUT2D eigenvalue weighted by Gasteiger charge is -2.31. The van der Waals surface area contributed by atoms with Crippen molar-refractivity contribution in [2.24, 2.45) is 11.8 Å². The second-order valence-corrected chi connectivity index (χ2v) is 7.92. The molecule has 1 heterocycles. The maximum atomic E-state index is 13.9. The average molecular weight is 341 g/mol. The highest BCUT2D eigenvalue weighted by atomic mass is 32.2. The average Bonchev–Trinajstić information content (AvgIpc) is 3.21. The van der Waals surface area contributed by atoms with E-state index < -0.39 is 20.7 Å². The van der Waals surface area contributed by atoms with Crippen LogP contribution in [0.5, 0.6) is 0 Å². The summed E-state index contributed by atoms with van der Waals surface area (Å²) in [5.74, 6) is -0.935. The molecule has 3 rings (SSSR count). The van der Waals surface area contributed by atoms with Gasteiger partial charge in [-0.3, -0.25) is 4.79 Å². The van der Waals surface area contributed by atoms with Crippen molar-refractivity contribution >= 4 is 21.6 Å². The fraction of sp³-hybridized carbons (Fsp3) is 0.533. The van der Waals surface area contributed by atoms with Crippen molar-refractivity contribution < 1.29 is 17.6 Å². The first-order valence-electron chi connectivity index (χ1n) is 7.70. The van der Waals surface area contributed by atoms with Crippen molar-refractivity contribution in [1.29, 1.82) is 0 Å². The van der Waals surface area contributed by atoms with Crippen molar-refractivity contribution in [3.8, 4) is 0 Å². The number of rotatable bonds is 6. The number of carbonyl (C=O) groups is 1. The predicted molar refractivity (Wildman–Crippen MR) is 83.9 cm³/mol. The molecule has 0 radical (unpaired) electrons. The number of halogens is 1. The van der Waals surface area contributed by atoms with Crippen LogP contribution in [0.4, 0.5) is 10.1 Å². The molecule has 1 aliphatic carbocycles. The van der Waals surface area contributed by atoms with Crippen LogP contribution in [0.15, 0.2) is 23.1 Å². The summed E-state index contributed by atoms with van der Waals surface area (Å²) in [6, 6.07) is 3.50. The molecule has 1 aliphatic heterocycles. The summed E-state index contributed by atoms with van der Waals surface area (Å²) in [6.07, 6.45) is 1.54. The highest BCUT2D eigenvalue weighted by molar-refractivity contribution is 7.89. The van der Waals surface area contributed by atoms with Gasteiger partial charge in [0.05, 0.1) is 0 Å². The molecule has 1 aromatic rings. The third kappa shape index (κ3) is 3.70. The number of benzene rings is 1. The number of hydrogen-bond donors (Lipinski definition) is 3. The minimum Gasteiger partial charge on any atom is -0.326 e. The Balaban J connectivity index is 1.75. The molecule has 1 aromatic carbocycles. The Morgan fingerprint density at radius 2 is 2.04 bits per heavy atom. The second kappa shape index (κ2) is 6.18. The zero-order valence-corrected chi connectivity index (χ0v) is 13.6. The Kier molecular flexibility index (Phi) is 4.39. The lowest BCUT2D eigenvalue weighted by Crippen LogP contribution is -2.48. The minimum absolute atomic E-state index is 0.108. The predicted octanol–water partition coefficient (Wildman–Crippen LogP) is 1.06. The van der Waals surface area contributed by atoms with Crippen LogP contribution >= 0.6 is 0 Å². The van der Waals surface area contributed by atoms with Crippen LogP contribution in [0.3, 0.4) is 0 Å². The second-order valence-electron chi connectivity index (χ2n) is 6.24. The summed E-state index contributed by atoms with van der Waals surface area (Å²) >= 11 is 0. The van der Waals surface area contributed by atoms with Crippen LogP contribution in [0.2, 0.25) is 0 Å². The number of nitrogens with one attached hydrogen (secondary N) is 3. The van der Waals surface area contributed by atoms with Crippen molar-refractivity contribution in [3.63, 3.8) is 0 Å². The molecule has 6 nitrogen and oxygen atoms in total. The van der Waals surface area contributed by atoms with E-state index >= 15 is 0 Å². The van der Waals surface area contributed by atoms with Gasteiger partial charge in [-0.1, -0.05) is 6.92 Å². The normalized spacial score (nSPS) is 19.9. The van der Waals surface area contributed by atoms with E-state index in [0.29, 0.717) is 0 Å². The molecule has 1 unspecified atom stereocenters. The Bertz CT molecular complexity index is 715. The first kappa shape index (κ1) is 16.4. The molecule has 0 bridgehead atoms. The molecule has 1 saturated carbocycles. The number of hydrogen-bond acceptors (Lipinski definition) is 4. The topological polar surface area (TPSA) is 87.3 Å². The first-order chi connectivity index (χ1) is 10.9. The fourth-order valence-corrected chi connectivity index (χ4v) is 3.81. The number of anilines is 1. The molecule has 3 N–H and O–H groups in total. The van der Waals surface area contributed by atoms with Gasteiger partial charge in [-0.2, -0.15) is 0 Å². The highest BCUT2D eigenvalue weighted by Gasteiger charge is 2.31. The SMILES string of the molecule is CC(C(=O)Nc1ccc(F)c(S(=O)(=O)NC2CC2)c1)C1CNC1. The van der Waals surface area contributed by atoms with E-state index in [1.807, 2.05) is 6.92 Å². The maximum Gasteiger partial charge on any atom is 0.243 e. The van der Waals surface area contributed by atoms with Gasteiger partial charge in [0.2, 0.25) is 15.9 Å². The Hall–Kier alpha value is -1.51. The smallest absolute Gasteiger partial charge is 0.243 e. The maximum absolute atomic E-state index is 13.9. The zero-order valence-electron chi connectivity index (χ0n) is 12.8. The number of sulfonamides is 1. The third-order valence-corrected chi connectivity index (χ3v) is 5.86. The van der Waals surface area contributed by atoms with Crippen LogP contribution < -0.4 is 15.4 Å². The molecule has 1 saturated heterocycles. The van der Waals surface area contributed by atoms with Gasteiger partial charge in [-0.25, -0.2) is 17.5 Å². The molecular formula is C15H20FN3O3S. The van der Waals surface area contributed by atoms with E-state index in [0.717, 1.165) is 32.0 Å². The van der Waals surface area contributed by atoms with E-state index in [2.05, 4.69) is 15.4 Å². The van der Waals surface area contributed by atoms with E-state index in [9.17, 15) is 17.6 Å². The van der Waals surface area contributed by atoms with Crippen molar-refractivity contribution in [2.75, 3.05) is 18.4 Å². The van der Waals surface area contributed by atoms with Gasteiger partial charge in [-0.15, -0.1) is 0 Å². The molecular weight excluding hydrogens is 321 g/mol. The van der Waals surface area contributed by atoms with Crippen LogP contribution in [0.1, 0.15) is 19.8 Å². The summed E-state index contributed by atoms with van der Waals surface area (Å²) in [4.78, 5) is 11.8. The molecule has 23 heavy (non-hydrogen) atoms. The fourth-order valence-electron chi connectivity index (χ4n) is 2.41. The monoisotopic (exact) mass is 341 g/mol. The molecule has 2 aliphatic rings.